The van der Waals surface area contributed by atoms with Crippen LogP contribution >= 0.6 is 11.8 Å². The molecule has 2 aliphatic heterocycles. The van der Waals surface area contributed by atoms with Crippen molar-refractivity contribution in [3.05, 3.63) is 18.2 Å². The molecule has 0 radical (unpaired) electrons. The lowest BCUT2D eigenvalue weighted by atomic mass is 10.1. The smallest absolute Gasteiger partial charge is 0.239 e. The molecule has 0 N–H and O–H groups in total. The van der Waals surface area contributed by atoms with Crippen LogP contribution in [0.2, 0.25) is 0 Å². The highest BCUT2D eigenvalue weighted by atomic mass is 32.2. The molecule has 1 atom stereocenters. The molecule has 28 heavy (non-hydrogen) atoms. The summed E-state index contributed by atoms with van der Waals surface area (Å²) in [6, 6.07) is 0. The van der Waals surface area contributed by atoms with Crippen molar-refractivity contribution in [2.24, 2.45) is 0 Å². The van der Waals surface area contributed by atoms with Crippen molar-refractivity contribution in [3.63, 3.8) is 0 Å². The molecule has 1 aromatic rings. The van der Waals surface area contributed by atoms with E-state index in [0.717, 1.165) is 65.0 Å². The topological polar surface area (TPSA) is 52.6 Å². The van der Waals surface area contributed by atoms with Gasteiger partial charge in [-0.2, -0.15) is 0 Å². The normalized spacial score (nSPS) is 25.2. The van der Waals surface area contributed by atoms with Gasteiger partial charge < -0.3 is 9.80 Å². The van der Waals surface area contributed by atoms with Crippen LogP contribution in [-0.2, 0) is 4.79 Å². The quantitative estimate of drug-likeness (QED) is 0.676. The van der Waals surface area contributed by atoms with Crippen LogP contribution in [0.25, 0.3) is 0 Å². The van der Waals surface area contributed by atoms with Gasteiger partial charge in [-0.05, 0) is 39.2 Å². The van der Waals surface area contributed by atoms with E-state index in [4.69, 9.17) is 0 Å². The maximum Gasteiger partial charge on any atom is 0.239 e. The summed E-state index contributed by atoms with van der Waals surface area (Å²) >= 11 is 1.90. The highest BCUT2D eigenvalue weighted by Crippen LogP contribution is 2.50. The number of carbonyl (C=O) groups is 1. The summed E-state index contributed by atoms with van der Waals surface area (Å²) in [6.45, 7) is 7.81. The highest BCUT2D eigenvalue weighted by molar-refractivity contribution is 8.02. The molecule has 6 nitrogen and oxygen atoms in total. The summed E-state index contributed by atoms with van der Waals surface area (Å²) < 4.78 is 12.9. The van der Waals surface area contributed by atoms with Crippen molar-refractivity contribution in [3.8, 4) is 0 Å². The first kappa shape index (κ1) is 19.9. The summed E-state index contributed by atoms with van der Waals surface area (Å²) in [5, 5.41) is 0.324. The molecule has 0 bridgehead atoms. The van der Waals surface area contributed by atoms with E-state index >= 15 is 0 Å². The third-order valence-electron chi connectivity index (χ3n) is 6.28. The Hall–Kier alpha value is -1.41. The van der Waals surface area contributed by atoms with E-state index in [2.05, 4.69) is 31.6 Å². The molecule has 1 amide bonds. The van der Waals surface area contributed by atoms with E-state index in [1.165, 1.54) is 25.2 Å². The Balaban J connectivity index is 1.16. The van der Waals surface area contributed by atoms with E-state index in [0.29, 0.717) is 17.2 Å². The third-order valence-corrected chi connectivity index (χ3v) is 7.91. The van der Waals surface area contributed by atoms with Gasteiger partial charge >= 0.3 is 0 Å². The van der Waals surface area contributed by atoms with Crippen LogP contribution in [0.15, 0.2) is 12.4 Å². The molecule has 154 valence electrons. The van der Waals surface area contributed by atoms with Crippen LogP contribution in [-0.4, -0.2) is 75.1 Å². The van der Waals surface area contributed by atoms with E-state index in [1.54, 1.807) is 0 Å². The number of rotatable bonds is 6. The fourth-order valence-corrected chi connectivity index (χ4v) is 6.41. The van der Waals surface area contributed by atoms with Gasteiger partial charge in [-0.15, -0.1) is 11.8 Å². The molecule has 1 aliphatic carbocycles. The Morgan fingerprint density at radius 1 is 1.11 bits per heavy atom. The lowest BCUT2D eigenvalue weighted by Gasteiger charge is -2.34. The fraction of sp³-hybridized carbons (Fsp3) is 0.750. The molecular formula is C20H30FN5OS. The number of carbonyl (C=O) groups excluding carboxylic acids is 1. The summed E-state index contributed by atoms with van der Waals surface area (Å²) in [6.07, 6.45) is 9.17. The largest absolute Gasteiger partial charge is 0.338 e. The average Bonchev–Trinajstić information content (AvgIpc) is 3.26. The number of aromatic nitrogens is 2. The van der Waals surface area contributed by atoms with Crippen LogP contribution < -0.4 is 4.90 Å². The predicted octanol–water partition coefficient (Wildman–Crippen LogP) is 2.75. The monoisotopic (exact) mass is 407 g/mol. The van der Waals surface area contributed by atoms with Crippen molar-refractivity contribution in [2.45, 2.75) is 55.6 Å². The summed E-state index contributed by atoms with van der Waals surface area (Å²) in [5.41, 5.74) is 0. The van der Waals surface area contributed by atoms with Crippen LogP contribution in [0.3, 0.4) is 0 Å². The number of halogens is 1. The van der Waals surface area contributed by atoms with Crippen molar-refractivity contribution in [2.75, 3.05) is 44.2 Å². The van der Waals surface area contributed by atoms with Crippen LogP contribution in [0.4, 0.5) is 10.3 Å². The van der Waals surface area contributed by atoms with Crippen molar-refractivity contribution >= 4 is 23.6 Å². The summed E-state index contributed by atoms with van der Waals surface area (Å²) in [7, 11) is 0. The van der Waals surface area contributed by atoms with E-state index in [9.17, 15) is 9.18 Å². The number of unbranched alkanes of at least 4 members (excludes halogenated alkanes) is 1. The minimum Gasteiger partial charge on any atom is -0.338 e. The standard InChI is InChI=1S/C20H30FN5OS/c1-16-26(18(27)20(28-16)6-2-3-7-20)9-5-4-8-24-10-12-25(13-11-24)19-22-14-17(21)15-23-19/h14-16H,2-13H2,1H3. The Bertz CT molecular complexity index is 674. The first-order valence-corrected chi connectivity index (χ1v) is 11.4. The highest BCUT2D eigenvalue weighted by Gasteiger charge is 2.51. The molecule has 1 aromatic heterocycles. The molecule has 0 aromatic carbocycles. The summed E-state index contributed by atoms with van der Waals surface area (Å²) in [4.78, 5) is 27.7. The lowest BCUT2D eigenvalue weighted by Crippen LogP contribution is -2.47. The second-order valence-corrected chi connectivity index (χ2v) is 9.85. The molecule has 3 heterocycles. The SMILES string of the molecule is CC1SC2(CCCC2)C(=O)N1CCCCN1CCN(c2ncc(F)cn2)CC1. The zero-order valence-electron chi connectivity index (χ0n) is 16.6. The molecular weight excluding hydrogens is 377 g/mol. The van der Waals surface area contributed by atoms with Gasteiger partial charge in [-0.25, -0.2) is 14.4 Å². The number of hydrogen-bond donors (Lipinski definition) is 0. The minimum atomic E-state index is -0.398. The van der Waals surface area contributed by atoms with Crippen molar-refractivity contribution in [1.82, 2.24) is 19.8 Å². The van der Waals surface area contributed by atoms with E-state index in [-0.39, 0.29) is 4.75 Å². The van der Waals surface area contributed by atoms with Gasteiger partial charge in [-0.3, -0.25) is 9.69 Å². The molecule has 1 unspecified atom stereocenters. The zero-order chi connectivity index (χ0) is 19.6. The number of piperazine rings is 1. The Kier molecular flexibility index (Phi) is 6.06. The van der Waals surface area contributed by atoms with Crippen LogP contribution in [0.1, 0.15) is 45.4 Å². The Morgan fingerprint density at radius 2 is 1.75 bits per heavy atom. The minimum absolute atomic E-state index is 0.0851. The number of anilines is 1. The van der Waals surface area contributed by atoms with Gasteiger partial charge in [0.2, 0.25) is 11.9 Å². The predicted molar refractivity (Wildman–Crippen MR) is 110 cm³/mol. The first-order chi connectivity index (χ1) is 13.6. The van der Waals surface area contributed by atoms with Crippen LogP contribution in [0, 0.1) is 5.82 Å². The van der Waals surface area contributed by atoms with Gasteiger partial charge in [0.1, 0.15) is 0 Å². The fourth-order valence-electron chi connectivity index (χ4n) is 4.69. The molecule has 3 aliphatic rings. The van der Waals surface area contributed by atoms with Crippen LogP contribution in [0.5, 0.6) is 0 Å². The second kappa shape index (κ2) is 8.53. The van der Waals surface area contributed by atoms with Gasteiger partial charge in [0.15, 0.2) is 5.82 Å². The van der Waals surface area contributed by atoms with E-state index in [1.807, 2.05) is 11.8 Å². The number of nitrogens with zero attached hydrogens (tertiary/aromatic N) is 5. The van der Waals surface area contributed by atoms with Gasteiger partial charge in [0.05, 0.1) is 22.5 Å². The lowest BCUT2D eigenvalue weighted by molar-refractivity contribution is -0.132. The maximum absolute atomic E-state index is 13.0. The number of amides is 1. The molecule has 8 heteroatoms. The van der Waals surface area contributed by atoms with Crippen molar-refractivity contribution < 1.29 is 9.18 Å². The van der Waals surface area contributed by atoms with E-state index < -0.39 is 5.82 Å². The number of hydrogen-bond acceptors (Lipinski definition) is 6. The zero-order valence-corrected chi connectivity index (χ0v) is 17.5. The first-order valence-electron chi connectivity index (χ1n) is 10.5. The molecule has 2 saturated heterocycles. The Morgan fingerprint density at radius 3 is 2.43 bits per heavy atom. The van der Waals surface area contributed by atoms with Gasteiger partial charge in [-0.1, -0.05) is 12.8 Å². The molecule has 4 rings (SSSR count). The summed E-state index contributed by atoms with van der Waals surface area (Å²) in [5.74, 6) is 0.613. The van der Waals surface area contributed by atoms with Gasteiger partial charge in [0, 0.05) is 32.7 Å². The molecule has 1 saturated carbocycles. The molecule has 1 spiro atoms. The van der Waals surface area contributed by atoms with Gasteiger partial charge in [0.25, 0.3) is 0 Å². The maximum atomic E-state index is 13.0. The Labute approximate surface area is 170 Å². The van der Waals surface area contributed by atoms with Crippen molar-refractivity contribution in [1.29, 1.82) is 0 Å². The third kappa shape index (κ3) is 4.13. The number of thioether (sulfide) groups is 1. The second-order valence-electron chi connectivity index (χ2n) is 8.15. The average molecular weight is 408 g/mol. The molecule has 3 fully saturated rings.